The van der Waals surface area contributed by atoms with Crippen LogP contribution in [-0.2, 0) is 0 Å². The molecule has 0 amide bonds. The van der Waals surface area contributed by atoms with Crippen LogP contribution in [0, 0.1) is 0 Å². The van der Waals surface area contributed by atoms with Gasteiger partial charge in [-0.3, -0.25) is 0 Å². The molecule has 1 aromatic rings. The van der Waals surface area contributed by atoms with Crippen LogP contribution in [0.3, 0.4) is 0 Å². The highest BCUT2D eigenvalue weighted by Gasteiger charge is 2.12. The second-order valence-electron chi connectivity index (χ2n) is 4.13. The van der Waals surface area contributed by atoms with Gasteiger partial charge >= 0.3 is 0 Å². The van der Waals surface area contributed by atoms with Crippen molar-refractivity contribution in [3.63, 3.8) is 0 Å². The number of anilines is 1. The summed E-state index contributed by atoms with van der Waals surface area (Å²) < 4.78 is 0. The molecule has 1 saturated heterocycles. The maximum atomic E-state index is 5.86. The monoisotopic (exact) mass is 205 g/mol. The molecule has 0 saturated carbocycles. The summed E-state index contributed by atoms with van der Waals surface area (Å²) in [7, 11) is 0. The highest BCUT2D eigenvalue weighted by molar-refractivity contribution is 5.48. The van der Waals surface area contributed by atoms with E-state index in [4.69, 9.17) is 11.5 Å². The van der Waals surface area contributed by atoms with Gasteiger partial charge in [0.1, 0.15) is 0 Å². The van der Waals surface area contributed by atoms with E-state index in [2.05, 4.69) is 29.2 Å². The summed E-state index contributed by atoms with van der Waals surface area (Å²) in [6.45, 7) is 2.87. The summed E-state index contributed by atoms with van der Waals surface area (Å²) in [4.78, 5) is 2.41. The van der Waals surface area contributed by atoms with E-state index in [-0.39, 0.29) is 6.04 Å². The Morgan fingerprint density at radius 2 is 1.73 bits per heavy atom. The van der Waals surface area contributed by atoms with E-state index in [9.17, 15) is 0 Å². The van der Waals surface area contributed by atoms with Gasteiger partial charge in [-0.15, -0.1) is 0 Å². The fraction of sp³-hybridized carbons (Fsp3) is 0.500. The van der Waals surface area contributed by atoms with E-state index in [1.54, 1.807) is 0 Å². The molecular formula is C12H19N3. The lowest BCUT2D eigenvalue weighted by molar-refractivity contribution is 0.737. The van der Waals surface area contributed by atoms with Gasteiger partial charge in [-0.05, 0) is 30.5 Å². The molecule has 3 heteroatoms. The smallest absolute Gasteiger partial charge is 0.0419 e. The van der Waals surface area contributed by atoms with Crippen molar-refractivity contribution in [2.45, 2.75) is 18.9 Å². The molecule has 1 fully saturated rings. The minimum atomic E-state index is -0.0300. The van der Waals surface area contributed by atoms with E-state index >= 15 is 0 Å². The van der Waals surface area contributed by atoms with Gasteiger partial charge in [-0.25, -0.2) is 0 Å². The second-order valence-corrected chi connectivity index (χ2v) is 4.13. The highest BCUT2D eigenvalue weighted by atomic mass is 15.1. The third-order valence-corrected chi connectivity index (χ3v) is 3.05. The van der Waals surface area contributed by atoms with Crippen molar-refractivity contribution in [2.75, 3.05) is 24.5 Å². The molecule has 0 bridgehead atoms. The molecular weight excluding hydrogens is 186 g/mol. The number of hydrogen-bond acceptors (Lipinski definition) is 3. The van der Waals surface area contributed by atoms with Gasteiger partial charge in [0.25, 0.3) is 0 Å². The summed E-state index contributed by atoms with van der Waals surface area (Å²) in [5, 5.41) is 0. The molecule has 0 aliphatic carbocycles. The fourth-order valence-corrected chi connectivity index (χ4v) is 2.04. The molecule has 3 nitrogen and oxygen atoms in total. The van der Waals surface area contributed by atoms with Crippen LogP contribution in [0.5, 0.6) is 0 Å². The van der Waals surface area contributed by atoms with Crippen molar-refractivity contribution in [2.24, 2.45) is 11.5 Å². The average molecular weight is 205 g/mol. The first-order valence-electron chi connectivity index (χ1n) is 5.62. The molecule has 82 valence electrons. The SMILES string of the molecule is NCC(N)c1ccc(N2CCCC2)cc1. The third kappa shape index (κ3) is 2.30. The lowest BCUT2D eigenvalue weighted by Crippen LogP contribution is -2.21. The van der Waals surface area contributed by atoms with Crippen LogP contribution in [0.2, 0.25) is 0 Å². The van der Waals surface area contributed by atoms with Crippen molar-refractivity contribution in [3.05, 3.63) is 29.8 Å². The molecule has 0 aromatic heterocycles. The van der Waals surface area contributed by atoms with Crippen LogP contribution in [0.25, 0.3) is 0 Å². The molecule has 1 aliphatic heterocycles. The molecule has 2 rings (SSSR count). The van der Waals surface area contributed by atoms with Gasteiger partial charge in [-0.2, -0.15) is 0 Å². The van der Waals surface area contributed by atoms with Crippen LogP contribution in [-0.4, -0.2) is 19.6 Å². The van der Waals surface area contributed by atoms with E-state index in [1.165, 1.54) is 31.6 Å². The van der Waals surface area contributed by atoms with Crippen molar-refractivity contribution in [3.8, 4) is 0 Å². The first-order chi connectivity index (χ1) is 7.31. The number of rotatable bonds is 3. The third-order valence-electron chi connectivity index (χ3n) is 3.05. The van der Waals surface area contributed by atoms with Gasteiger partial charge < -0.3 is 16.4 Å². The Hall–Kier alpha value is -1.06. The Morgan fingerprint density at radius 1 is 1.13 bits per heavy atom. The Labute approximate surface area is 91.1 Å². The van der Waals surface area contributed by atoms with Crippen molar-refractivity contribution in [1.82, 2.24) is 0 Å². The normalized spacial score (nSPS) is 18.1. The molecule has 0 spiro atoms. The minimum Gasteiger partial charge on any atom is -0.372 e. The number of nitrogens with zero attached hydrogens (tertiary/aromatic N) is 1. The van der Waals surface area contributed by atoms with E-state index in [1.807, 2.05) is 0 Å². The van der Waals surface area contributed by atoms with Crippen molar-refractivity contribution in [1.29, 1.82) is 0 Å². The van der Waals surface area contributed by atoms with Crippen LogP contribution < -0.4 is 16.4 Å². The Kier molecular flexibility index (Phi) is 3.23. The zero-order valence-corrected chi connectivity index (χ0v) is 9.02. The van der Waals surface area contributed by atoms with E-state index < -0.39 is 0 Å². The Bertz CT molecular complexity index is 301. The molecule has 1 heterocycles. The predicted octanol–water partition coefficient (Wildman–Crippen LogP) is 1.25. The number of benzene rings is 1. The van der Waals surface area contributed by atoms with Crippen LogP contribution >= 0.6 is 0 Å². The first kappa shape index (κ1) is 10.5. The maximum Gasteiger partial charge on any atom is 0.0419 e. The quantitative estimate of drug-likeness (QED) is 0.780. The molecule has 0 radical (unpaired) electrons. The summed E-state index contributed by atoms with van der Waals surface area (Å²) in [5.41, 5.74) is 13.8. The molecule has 1 aliphatic rings. The predicted molar refractivity (Wildman–Crippen MR) is 63.9 cm³/mol. The van der Waals surface area contributed by atoms with Gasteiger partial charge in [0.05, 0.1) is 0 Å². The highest BCUT2D eigenvalue weighted by Crippen LogP contribution is 2.21. The molecule has 4 N–H and O–H groups in total. The summed E-state index contributed by atoms with van der Waals surface area (Å²) >= 11 is 0. The fourth-order valence-electron chi connectivity index (χ4n) is 2.04. The van der Waals surface area contributed by atoms with Crippen molar-refractivity contribution < 1.29 is 0 Å². The lowest BCUT2D eigenvalue weighted by atomic mass is 10.1. The van der Waals surface area contributed by atoms with Crippen LogP contribution in [0.15, 0.2) is 24.3 Å². The minimum absolute atomic E-state index is 0.0300. The molecule has 1 atom stereocenters. The largest absolute Gasteiger partial charge is 0.372 e. The number of nitrogens with two attached hydrogens (primary N) is 2. The van der Waals surface area contributed by atoms with Gasteiger partial charge in [0.15, 0.2) is 0 Å². The summed E-state index contributed by atoms with van der Waals surface area (Å²) in [6, 6.07) is 8.44. The topological polar surface area (TPSA) is 55.3 Å². The average Bonchev–Trinajstić information content (AvgIpc) is 2.82. The van der Waals surface area contributed by atoms with E-state index in [0.717, 1.165) is 5.56 Å². The van der Waals surface area contributed by atoms with Crippen molar-refractivity contribution >= 4 is 5.69 Å². The van der Waals surface area contributed by atoms with Gasteiger partial charge in [-0.1, -0.05) is 12.1 Å². The number of hydrogen-bond donors (Lipinski definition) is 2. The zero-order valence-electron chi connectivity index (χ0n) is 9.02. The Balaban J connectivity index is 2.09. The zero-order chi connectivity index (χ0) is 10.7. The van der Waals surface area contributed by atoms with Gasteiger partial charge in [0, 0.05) is 31.4 Å². The van der Waals surface area contributed by atoms with Crippen LogP contribution in [0.4, 0.5) is 5.69 Å². The molecule has 1 unspecified atom stereocenters. The Morgan fingerprint density at radius 3 is 2.27 bits per heavy atom. The summed E-state index contributed by atoms with van der Waals surface area (Å²) in [5.74, 6) is 0. The molecule has 15 heavy (non-hydrogen) atoms. The first-order valence-corrected chi connectivity index (χ1v) is 5.62. The van der Waals surface area contributed by atoms with Crippen LogP contribution in [0.1, 0.15) is 24.4 Å². The standard InChI is InChI=1S/C12H19N3/c13-9-12(14)10-3-5-11(6-4-10)15-7-1-2-8-15/h3-6,12H,1-2,7-9,13-14H2. The molecule has 1 aromatic carbocycles. The maximum absolute atomic E-state index is 5.86. The van der Waals surface area contributed by atoms with Gasteiger partial charge in [0.2, 0.25) is 0 Å². The lowest BCUT2D eigenvalue weighted by Gasteiger charge is -2.18. The second kappa shape index (κ2) is 4.64. The summed E-state index contributed by atoms with van der Waals surface area (Å²) in [6.07, 6.45) is 2.62. The van der Waals surface area contributed by atoms with E-state index in [0.29, 0.717) is 6.54 Å².